The van der Waals surface area contributed by atoms with Crippen molar-refractivity contribution in [2.75, 3.05) is 46.4 Å². The van der Waals surface area contributed by atoms with Crippen LogP contribution in [0.5, 0.6) is 0 Å². The topological polar surface area (TPSA) is 194 Å². The van der Waals surface area contributed by atoms with Gasteiger partial charge in [0.05, 0.1) is 61.2 Å². The van der Waals surface area contributed by atoms with Crippen LogP contribution >= 0.6 is 0 Å². The first-order chi connectivity index (χ1) is 27.7. The van der Waals surface area contributed by atoms with E-state index in [1.165, 1.54) is 26.9 Å². The molecule has 0 spiro atoms. The molecule has 0 bridgehead atoms. The van der Waals surface area contributed by atoms with Gasteiger partial charge in [0, 0.05) is 44.9 Å². The van der Waals surface area contributed by atoms with Crippen molar-refractivity contribution >= 4 is 34.9 Å². The van der Waals surface area contributed by atoms with Crippen molar-refractivity contribution in [2.45, 2.75) is 87.0 Å². The molecule has 4 amide bonds. The van der Waals surface area contributed by atoms with Gasteiger partial charge in [0.25, 0.3) is 0 Å². The van der Waals surface area contributed by atoms with E-state index in [0.29, 0.717) is 0 Å². The van der Waals surface area contributed by atoms with Crippen molar-refractivity contribution in [3.8, 4) is 33.6 Å². The number of aromatic nitrogens is 5. The van der Waals surface area contributed by atoms with Crippen LogP contribution in [0.15, 0.2) is 66.2 Å². The highest BCUT2D eigenvalue weighted by Gasteiger charge is 2.19. The molecular formula is C42H63N9O6. The maximum Gasteiger partial charge on any atom is 0.407 e. The number of benzene rings is 1. The van der Waals surface area contributed by atoms with Gasteiger partial charge in [-0.2, -0.15) is 0 Å². The summed E-state index contributed by atoms with van der Waals surface area (Å²) in [7, 11) is 1.27. The fourth-order valence-corrected chi connectivity index (χ4v) is 5.54. The fraction of sp³-hybridized carbons (Fsp3) is 0.476. The maximum atomic E-state index is 11.3. The predicted molar refractivity (Wildman–Crippen MR) is 225 cm³/mol. The van der Waals surface area contributed by atoms with E-state index in [-0.39, 0.29) is 30.8 Å². The van der Waals surface area contributed by atoms with Gasteiger partial charge in [-0.3, -0.25) is 14.4 Å². The summed E-state index contributed by atoms with van der Waals surface area (Å²) in [5.74, 6) is -0.159. The van der Waals surface area contributed by atoms with E-state index in [0.717, 1.165) is 96.6 Å². The number of rotatable bonds is 7. The summed E-state index contributed by atoms with van der Waals surface area (Å²) in [5.41, 5.74) is 7.93. The van der Waals surface area contributed by atoms with Gasteiger partial charge in [0.2, 0.25) is 17.7 Å². The van der Waals surface area contributed by atoms with Gasteiger partial charge in [0.1, 0.15) is 12.8 Å². The lowest BCUT2D eigenvalue weighted by atomic mass is 10.0. The number of amides is 4. The third-order valence-corrected chi connectivity index (χ3v) is 8.17. The second-order valence-corrected chi connectivity index (χ2v) is 12.9. The van der Waals surface area contributed by atoms with Crippen LogP contribution in [-0.2, 0) is 19.1 Å². The summed E-state index contributed by atoms with van der Waals surface area (Å²) in [6.45, 7) is 17.4. The quantitative estimate of drug-likeness (QED) is 0.110. The minimum absolute atomic E-state index is 0.0303. The summed E-state index contributed by atoms with van der Waals surface area (Å²) in [4.78, 5) is 64.9. The molecule has 5 N–H and O–H groups in total. The Morgan fingerprint density at radius 3 is 1.65 bits per heavy atom. The van der Waals surface area contributed by atoms with Crippen molar-refractivity contribution in [1.82, 2.24) is 45.4 Å². The monoisotopic (exact) mass is 789 g/mol. The van der Waals surface area contributed by atoms with Crippen molar-refractivity contribution in [1.29, 1.82) is 0 Å². The Hall–Kier alpha value is -5.86. The smallest absolute Gasteiger partial charge is 0.407 e. The number of fused-ring (bicyclic) bond motifs is 1. The number of methoxy groups -OCH3 is 1. The first-order valence-electron chi connectivity index (χ1n) is 19.9. The number of furan rings is 1. The highest BCUT2D eigenvalue weighted by Crippen LogP contribution is 2.36. The molecule has 0 atom stereocenters. The lowest BCUT2D eigenvalue weighted by molar-refractivity contribution is -0.131. The number of alkyl carbamates (subject to hydrolysis) is 1. The molecule has 2 aliphatic heterocycles. The Kier molecular flexibility index (Phi) is 22.3. The van der Waals surface area contributed by atoms with Gasteiger partial charge in [-0.05, 0) is 36.8 Å². The Bertz CT molecular complexity index is 1830. The SMILES string of the molecule is CC.CC(=O)NCC(=O)N1CCCC1.CCC.CCC.COC(=O)NCC(=O)N1CCCC1.c1ncc(-c2ccc(-c3c[nH]c4c(-c5cnc[nH]5)coc34)cc2)[nH]1. The largest absolute Gasteiger partial charge is 0.461 e. The highest BCUT2D eigenvalue weighted by molar-refractivity contribution is 5.99. The van der Waals surface area contributed by atoms with Crippen LogP contribution < -0.4 is 10.6 Å². The molecule has 6 heterocycles. The molecule has 1 aromatic carbocycles. The molecule has 0 saturated carbocycles. The molecule has 5 aromatic rings. The average Bonchev–Trinajstić information content (AvgIpc) is 4.07. The summed E-state index contributed by atoms with van der Waals surface area (Å²) < 4.78 is 10.1. The molecule has 15 nitrogen and oxygen atoms in total. The fourth-order valence-electron chi connectivity index (χ4n) is 5.54. The number of imidazole rings is 2. The van der Waals surface area contributed by atoms with Gasteiger partial charge in [-0.25, -0.2) is 14.8 Å². The van der Waals surface area contributed by atoms with E-state index in [2.05, 4.69) is 92.3 Å². The molecule has 15 heteroatoms. The lowest BCUT2D eigenvalue weighted by Gasteiger charge is -2.14. The molecule has 0 aliphatic carbocycles. The summed E-state index contributed by atoms with van der Waals surface area (Å²) in [6.07, 6.45) is 16.9. The number of nitrogens with zero attached hydrogens (tertiary/aromatic N) is 4. The van der Waals surface area contributed by atoms with E-state index in [1.54, 1.807) is 34.9 Å². The molecular weight excluding hydrogens is 727 g/mol. The minimum Gasteiger partial charge on any atom is -0.461 e. The van der Waals surface area contributed by atoms with Gasteiger partial charge in [-0.15, -0.1) is 0 Å². The molecule has 0 unspecified atom stereocenters. The van der Waals surface area contributed by atoms with Crippen molar-refractivity contribution < 1.29 is 28.3 Å². The number of likely N-dealkylation sites (tertiary alicyclic amines) is 2. The number of carbonyl (C=O) groups is 4. The maximum absolute atomic E-state index is 11.3. The molecule has 312 valence electrons. The van der Waals surface area contributed by atoms with Gasteiger partial charge in [-0.1, -0.05) is 78.6 Å². The second kappa shape index (κ2) is 26.9. The van der Waals surface area contributed by atoms with E-state index in [4.69, 9.17) is 4.42 Å². The standard InChI is InChI=1S/C18H13N5O.C8H14N2O3.C8H14N2O2.2C3H8.C2H6/c1-3-12(15-6-19-9-22-15)4-2-11(1)13-5-21-17-14(8-24-18(13)17)16-7-20-10-23-16;1-13-8(12)9-6-7(11)10-4-2-3-5-10;1-7(11)9-6-8(12)10-4-2-3-5-10;2*1-3-2;1-2/h1-10,21H,(H,19,22)(H,20,23);2-6H2,1H3,(H,9,12);2-6H2,1H3,(H,9,11);2*3H2,1-2H3;1-2H3. The molecule has 2 fully saturated rings. The zero-order chi connectivity index (χ0) is 42.0. The number of hydrogen-bond donors (Lipinski definition) is 5. The van der Waals surface area contributed by atoms with Crippen LogP contribution in [0.1, 0.15) is 87.0 Å². The van der Waals surface area contributed by atoms with Crippen LogP contribution in [0.4, 0.5) is 4.79 Å². The molecule has 0 radical (unpaired) electrons. The van der Waals surface area contributed by atoms with E-state index in [1.807, 2.05) is 26.2 Å². The average molecular weight is 790 g/mol. The summed E-state index contributed by atoms with van der Waals surface area (Å²) in [6, 6.07) is 8.30. The van der Waals surface area contributed by atoms with Crippen molar-refractivity contribution in [2.24, 2.45) is 0 Å². The van der Waals surface area contributed by atoms with E-state index in [9.17, 15) is 19.2 Å². The predicted octanol–water partition coefficient (Wildman–Crippen LogP) is 7.78. The molecule has 2 saturated heterocycles. The Labute approximate surface area is 336 Å². The first kappa shape index (κ1) is 47.3. The molecule has 4 aromatic heterocycles. The minimum atomic E-state index is -0.562. The molecule has 2 aliphatic rings. The van der Waals surface area contributed by atoms with E-state index >= 15 is 0 Å². The summed E-state index contributed by atoms with van der Waals surface area (Å²) in [5, 5.41) is 4.85. The molecule has 57 heavy (non-hydrogen) atoms. The number of ether oxygens (including phenoxy) is 1. The normalized spacial score (nSPS) is 12.5. The van der Waals surface area contributed by atoms with Gasteiger partial charge < -0.3 is 44.5 Å². The van der Waals surface area contributed by atoms with Crippen LogP contribution in [-0.4, -0.2) is 105 Å². The van der Waals surface area contributed by atoms with Gasteiger partial charge >= 0.3 is 6.09 Å². The third-order valence-electron chi connectivity index (χ3n) is 8.17. The number of hydrogen-bond acceptors (Lipinski definition) is 8. The second-order valence-electron chi connectivity index (χ2n) is 12.9. The van der Waals surface area contributed by atoms with Crippen molar-refractivity contribution in [3.63, 3.8) is 0 Å². The van der Waals surface area contributed by atoms with Crippen LogP contribution in [0.3, 0.4) is 0 Å². The molecule has 7 rings (SSSR count). The highest BCUT2D eigenvalue weighted by atomic mass is 16.5. The number of aromatic amines is 3. The van der Waals surface area contributed by atoms with E-state index < -0.39 is 6.09 Å². The zero-order valence-electron chi connectivity index (χ0n) is 35.0. The Balaban J connectivity index is 0.000000291. The van der Waals surface area contributed by atoms with Crippen LogP contribution in [0.2, 0.25) is 0 Å². The van der Waals surface area contributed by atoms with Crippen LogP contribution in [0, 0.1) is 0 Å². The number of nitrogens with one attached hydrogen (secondary N) is 5. The van der Waals surface area contributed by atoms with Crippen LogP contribution in [0.25, 0.3) is 44.7 Å². The Morgan fingerprint density at radius 1 is 0.719 bits per heavy atom. The third kappa shape index (κ3) is 15.7. The number of carbonyl (C=O) groups excluding carboxylic acids is 4. The van der Waals surface area contributed by atoms with Gasteiger partial charge in [0.15, 0.2) is 5.58 Å². The Morgan fingerprint density at radius 2 is 1.19 bits per heavy atom. The summed E-state index contributed by atoms with van der Waals surface area (Å²) >= 11 is 0. The first-order valence-corrected chi connectivity index (χ1v) is 19.9. The zero-order valence-corrected chi connectivity index (χ0v) is 35.0. The van der Waals surface area contributed by atoms with Crippen molar-refractivity contribution in [3.05, 3.63) is 61.8 Å². The lowest BCUT2D eigenvalue weighted by Crippen LogP contribution is -2.38. The number of H-pyrrole nitrogens is 3.